The Morgan fingerprint density at radius 2 is 1.68 bits per heavy atom. The minimum atomic E-state index is -2.27. The van der Waals surface area contributed by atoms with E-state index in [0.717, 1.165) is 36.8 Å². The zero-order chi connectivity index (χ0) is 24.7. The lowest BCUT2D eigenvalue weighted by Crippen LogP contribution is -2.39. The molecule has 1 fully saturated rings. The van der Waals surface area contributed by atoms with Crippen LogP contribution in [-0.4, -0.2) is 71.1 Å². The van der Waals surface area contributed by atoms with E-state index in [1.54, 1.807) is 0 Å². The maximum atomic E-state index is 13.2. The van der Waals surface area contributed by atoms with Crippen LogP contribution in [-0.2, 0) is 9.59 Å². The largest absolute Gasteiger partial charge is 0.493 e. The molecule has 1 saturated heterocycles. The molecule has 0 aromatic heterocycles. The van der Waals surface area contributed by atoms with Gasteiger partial charge < -0.3 is 40.0 Å². The molecule has 0 spiro atoms. The summed E-state index contributed by atoms with van der Waals surface area (Å²) in [6.07, 6.45) is -3.50. The lowest BCUT2D eigenvalue weighted by Gasteiger charge is -2.32. The van der Waals surface area contributed by atoms with E-state index in [0.29, 0.717) is 18.4 Å². The summed E-state index contributed by atoms with van der Waals surface area (Å²) < 4.78 is 29.9. The van der Waals surface area contributed by atoms with Gasteiger partial charge in [0.05, 0.1) is 6.61 Å². The molecule has 10 nitrogen and oxygen atoms in total. The molecule has 184 valence electrons. The van der Waals surface area contributed by atoms with Gasteiger partial charge >= 0.3 is 11.9 Å². The number of benzene rings is 2. The van der Waals surface area contributed by atoms with Crippen molar-refractivity contribution in [3.8, 4) is 17.2 Å². The fraction of sp³-hybridized carbons (Fsp3) is 0.391. The number of rotatable bonds is 7. The number of carbonyl (C=O) groups is 2. The van der Waals surface area contributed by atoms with Crippen LogP contribution in [0.1, 0.15) is 17.9 Å². The number of nitrogens with one attached hydrogen (secondary N) is 1. The van der Waals surface area contributed by atoms with Crippen LogP contribution in [0.2, 0.25) is 0 Å². The standard InChI is InChI=1S/C19H20FNO3.C4H6O6/c20-15-3-1-13(2-4-15)17-7-8-21-10-14(17)11-22-16-5-6-18-19(9-16)24-12-23-18;5-1(3(7)8)2(6)4(9)10/h1-6,9,14,17,21H,7-8,10-12H2;1-2,5-6H,(H,7,8)(H,9,10)/t14-,17-;1-,2-/m00/s1. The van der Waals surface area contributed by atoms with Crippen LogP contribution in [0, 0.1) is 11.7 Å². The molecule has 0 bridgehead atoms. The minimum absolute atomic E-state index is 0.194. The first-order valence-electron chi connectivity index (χ1n) is 10.6. The highest BCUT2D eigenvalue weighted by Crippen LogP contribution is 2.36. The maximum absolute atomic E-state index is 13.2. The van der Waals surface area contributed by atoms with Crippen molar-refractivity contribution in [2.45, 2.75) is 24.5 Å². The number of aliphatic hydroxyl groups is 2. The van der Waals surface area contributed by atoms with Crippen molar-refractivity contribution >= 4 is 11.9 Å². The molecular formula is C23H26FNO9. The third-order valence-corrected chi connectivity index (χ3v) is 5.52. The van der Waals surface area contributed by atoms with Gasteiger partial charge in [0.25, 0.3) is 0 Å². The Balaban J connectivity index is 0.000000277. The molecule has 2 aromatic carbocycles. The Hall–Kier alpha value is -3.41. The quantitative estimate of drug-likeness (QED) is 0.391. The zero-order valence-corrected chi connectivity index (χ0v) is 18.1. The Labute approximate surface area is 194 Å². The molecule has 0 radical (unpaired) electrons. The molecule has 5 N–H and O–H groups in total. The second-order valence-corrected chi connectivity index (χ2v) is 7.80. The Morgan fingerprint density at radius 3 is 2.32 bits per heavy atom. The SMILES string of the molecule is Fc1ccc([C@@H]2CCNC[C@H]2COc2ccc3c(c2)OCO3)cc1.O=C(O)[C@@H](O)[C@H](O)C(=O)O. The first-order valence-corrected chi connectivity index (χ1v) is 10.6. The number of fused-ring (bicyclic) bond motifs is 1. The van der Waals surface area contributed by atoms with E-state index in [4.69, 9.17) is 34.6 Å². The molecule has 4 rings (SSSR count). The number of halogens is 1. The first kappa shape index (κ1) is 25.2. The second kappa shape index (κ2) is 11.6. The van der Waals surface area contributed by atoms with Gasteiger partial charge in [0.1, 0.15) is 11.6 Å². The number of carboxylic acid groups (broad SMARTS) is 2. The minimum Gasteiger partial charge on any atom is -0.493 e. The molecule has 4 atom stereocenters. The predicted molar refractivity (Wildman–Crippen MR) is 115 cm³/mol. The van der Waals surface area contributed by atoms with Gasteiger partial charge in [-0.3, -0.25) is 0 Å². The summed E-state index contributed by atoms with van der Waals surface area (Å²) in [4.78, 5) is 19.5. The van der Waals surface area contributed by atoms with Gasteiger partial charge in [-0.1, -0.05) is 12.1 Å². The summed E-state index contributed by atoms with van der Waals surface area (Å²) in [5.74, 6) is -0.751. The average molecular weight is 479 g/mol. The van der Waals surface area contributed by atoms with Crippen molar-refractivity contribution in [2.24, 2.45) is 5.92 Å². The van der Waals surface area contributed by atoms with E-state index in [-0.39, 0.29) is 12.6 Å². The van der Waals surface area contributed by atoms with E-state index in [9.17, 15) is 14.0 Å². The number of piperidine rings is 1. The maximum Gasteiger partial charge on any atom is 0.335 e. The highest BCUT2D eigenvalue weighted by atomic mass is 19.1. The highest BCUT2D eigenvalue weighted by molar-refractivity contribution is 5.83. The third-order valence-electron chi connectivity index (χ3n) is 5.52. The summed E-state index contributed by atoms with van der Waals surface area (Å²) in [7, 11) is 0. The van der Waals surface area contributed by atoms with Gasteiger partial charge in [-0.15, -0.1) is 0 Å². The molecule has 34 heavy (non-hydrogen) atoms. The van der Waals surface area contributed by atoms with E-state index >= 15 is 0 Å². The van der Waals surface area contributed by atoms with Crippen LogP contribution in [0.4, 0.5) is 4.39 Å². The number of hydrogen-bond donors (Lipinski definition) is 5. The summed E-state index contributed by atoms with van der Waals surface area (Å²) in [6.45, 7) is 2.74. The molecule has 2 aromatic rings. The topological polar surface area (TPSA) is 155 Å². The van der Waals surface area contributed by atoms with Crippen LogP contribution in [0.15, 0.2) is 42.5 Å². The van der Waals surface area contributed by atoms with Gasteiger partial charge in [-0.05, 0) is 48.7 Å². The van der Waals surface area contributed by atoms with Crippen LogP contribution >= 0.6 is 0 Å². The molecule has 0 unspecified atom stereocenters. The molecule has 0 aliphatic carbocycles. The van der Waals surface area contributed by atoms with Gasteiger partial charge in [0.2, 0.25) is 6.79 Å². The van der Waals surface area contributed by atoms with Crippen molar-refractivity contribution in [3.63, 3.8) is 0 Å². The smallest absolute Gasteiger partial charge is 0.335 e. The predicted octanol–water partition coefficient (Wildman–Crippen LogP) is 1.20. The summed E-state index contributed by atoms with van der Waals surface area (Å²) in [5.41, 5.74) is 1.18. The van der Waals surface area contributed by atoms with E-state index in [2.05, 4.69) is 5.32 Å². The Bertz CT molecular complexity index is 967. The number of carboxylic acids is 2. The molecule has 2 heterocycles. The third kappa shape index (κ3) is 6.56. The van der Waals surface area contributed by atoms with Gasteiger partial charge in [0, 0.05) is 18.5 Å². The van der Waals surface area contributed by atoms with Crippen molar-refractivity contribution in [2.75, 3.05) is 26.5 Å². The van der Waals surface area contributed by atoms with E-state index in [1.165, 1.54) is 17.7 Å². The zero-order valence-electron chi connectivity index (χ0n) is 18.1. The average Bonchev–Trinajstić information content (AvgIpc) is 3.31. The lowest BCUT2D eigenvalue weighted by atomic mass is 9.81. The lowest BCUT2D eigenvalue weighted by molar-refractivity contribution is -0.165. The number of aliphatic carboxylic acids is 2. The fourth-order valence-corrected chi connectivity index (χ4v) is 3.69. The molecule has 0 saturated carbocycles. The van der Waals surface area contributed by atoms with E-state index in [1.807, 2.05) is 30.3 Å². The van der Waals surface area contributed by atoms with Crippen molar-refractivity contribution in [3.05, 3.63) is 53.8 Å². The summed E-state index contributed by atoms with van der Waals surface area (Å²) >= 11 is 0. The highest BCUT2D eigenvalue weighted by Gasteiger charge is 2.29. The molecule has 11 heteroatoms. The Kier molecular flexibility index (Phi) is 8.63. The molecule has 0 amide bonds. The molecular weight excluding hydrogens is 453 g/mol. The van der Waals surface area contributed by atoms with Gasteiger partial charge in [-0.2, -0.15) is 0 Å². The number of ether oxygens (including phenoxy) is 3. The number of aliphatic hydroxyl groups excluding tert-OH is 2. The Morgan fingerprint density at radius 1 is 1.03 bits per heavy atom. The summed E-state index contributed by atoms with van der Waals surface area (Å²) in [5, 5.41) is 36.0. The monoisotopic (exact) mass is 479 g/mol. The van der Waals surface area contributed by atoms with Crippen molar-refractivity contribution in [1.29, 1.82) is 0 Å². The molecule has 2 aliphatic heterocycles. The van der Waals surface area contributed by atoms with Crippen molar-refractivity contribution < 1.29 is 48.6 Å². The fourth-order valence-electron chi connectivity index (χ4n) is 3.69. The van der Waals surface area contributed by atoms with Gasteiger partial charge in [0.15, 0.2) is 23.7 Å². The normalized spacial score (nSPS) is 20.4. The van der Waals surface area contributed by atoms with Crippen molar-refractivity contribution in [1.82, 2.24) is 5.32 Å². The first-order chi connectivity index (χ1) is 16.3. The van der Waals surface area contributed by atoms with Crippen LogP contribution in [0.3, 0.4) is 0 Å². The van der Waals surface area contributed by atoms with Gasteiger partial charge in [-0.25, -0.2) is 14.0 Å². The second-order valence-electron chi connectivity index (χ2n) is 7.80. The van der Waals surface area contributed by atoms with Crippen LogP contribution < -0.4 is 19.5 Å². The van der Waals surface area contributed by atoms with Crippen LogP contribution in [0.5, 0.6) is 17.2 Å². The molecule has 2 aliphatic rings. The van der Waals surface area contributed by atoms with E-state index < -0.39 is 24.1 Å². The summed E-state index contributed by atoms with van der Waals surface area (Å²) in [6, 6.07) is 12.5. The van der Waals surface area contributed by atoms with Crippen LogP contribution in [0.25, 0.3) is 0 Å². The number of hydrogen-bond acceptors (Lipinski definition) is 8.